The summed E-state index contributed by atoms with van der Waals surface area (Å²) in [5, 5.41) is 31.0. The van der Waals surface area contributed by atoms with Crippen molar-refractivity contribution in [1.82, 2.24) is 35.5 Å². The van der Waals surface area contributed by atoms with Crippen molar-refractivity contribution < 1.29 is 33.8 Å². The van der Waals surface area contributed by atoms with Crippen molar-refractivity contribution in [3.05, 3.63) is 72.3 Å². The Morgan fingerprint density at radius 2 is 1.70 bits per heavy atom. The molecule has 2 aromatic carbocycles. The fraction of sp³-hybridized carbons (Fsp3) is 0.395. The molecule has 5 atom stereocenters. The molecule has 2 aliphatic heterocycles. The first-order chi connectivity index (χ1) is 26.2. The largest absolute Gasteiger partial charge is 0.497 e. The Labute approximate surface area is 315 Å². The zero-order valence-electron chi connectivity index (χ0n) is 29.9. The van der Waals surface area contributed by atoms with Gasteiger partial charge in [-0.1, -0.05) is 25.0 Å². The van der Waals surface area contributed by atoms with Gasteiger partial charge in [-0.3, -0.25) is 9.59 Å². The lowest BCUT2D eigenvalue weighted by molar-refractivity contribution is -0.145. The molecule has 4 heterocycles. The summed E-state index contributed by atoms with van der Waals surface area (Å²) >= 11 is 1.41. The van der Waals surface area contributed by atoms with E-state index in [1.807, 2.05) is 41.8 Å². The third kappa shape index (κ3) is 7.64. The number of benzene rings is 2. The number of nitrogens with zero attached hydrogens (tertiary/aromatic N) is 5. The minimum atomic E-state index is -1.46. The van der Waals surface area contributed by atoms with Gasteiger partial charge in [0.15, 0.2) is 0 Å². The zero-order chi connectivity index (χ0) is 37.8. The van der Waals surface area contributed by atoms with Crippen LogP contribution in [0.1, 0.15) is 51.0 Å². The van der Waals surface area contributed by atoms with Gasteiger partial charge < -0.3 is 35.4 Å². The van der Waals surface area contributed by atoms with E-state index in [4.69, 9.17) is 19.7 Å². The highest BCUT2D eigenvalue weighted by Gasteiger charge is 2.61. The number of aromatic nitrogens is 4. The summed E-state index contributed by atoms with van der Waals surface area (Å²) in [7, 11) is 3.14. The van der Waals surface area contributed by atoms with Crippen LogP contribution in [-0.4, -0.2) is 92.2 Å². The van der Waals surface area contributed by atoms with Gasteiger partial charge in [0.2, 0.25) is 11.8 Å². The summed E-state index contributed by atoms with van der Waals surface area (Å²) in [6.07, 6.45) is 9.23. The number of carboxylic acid groups (broad SMARTS) is 1. The van der Waals surface area contributed by atoms with E-state index in [0.29, 0.717) is 46.4 Å². The quantitative estimate of drug-likeness (QED) is 0.180. The van der Waals surface area contributed by atoms with Crippen LogP contribution in [0.25, 0.3) is 22.0 Å². The van der Waals surface area contributed by atoms with Gasteiger partial charge in [-0.25, -0.2) is 14.6 Å². The number of urea groups is 1. The number of carbonyl (C=O) groups excluding carboxylic acids is 3. The average Bonchev–Trinajstić information content (AvgIpc) is 3.63. The predicted octanol–water partition coefficient (Wildman–Crippen LogP) is 4.90. The zero-order valence-corrected chi connectivity index (χ0v) is 30.8. The molecule has 1 aliphatic carbocycles. The number of nitrogens with one attached hydrogen (secondary N) is 3. The van der Waals surface area contributed by atoms with Crippen LogP contribution >= 0.6 is 11.3 Å². The molecule has 0 radical (unpaired) electrons. The van der Waals surface area contributed by atoms with E-state index in [2.05, 4.69) is 20.9 Å². The summed E-state index contributed by atoms with van der Waals surface area (Å²) < 4.78 is 10.6. The number of anilines is 1. The van der Waals surface area contributed by atoms with Crippen LogP contribution in [-0.2, 0) is 14.4 Å². The van der Waals surface area contributed by atoms with Crippen LogP contribution in [0.3, 0.4) is 0 Å². The second-order valence-corrected chi connectivity index (χ2v) is 14.6. The molecule has 1 saturated carbocycles. The minimum absolute atomic E-state index is 0.0483. The molecule has 0 unspecified atom stereocenters. The first-order valence-corrected chi connectivity index (χ1v) is 18.8. The van der Waals surface area contributed by atoms with E-state index in [-0.39, 0.29) is 25.3 Å². The monoisotopic (exact) mass is 754 g/mol. The Morgan fingerprint density at radius 3 is 2.39 bits per heavy atom. The smallest absolute Gasteiger partial charge is 0.330 e. The molecule has 54 heavy (non-hydrogen) atoms. The van der Waals surface area contributed by atoms with Crippen molar-refractivity contribution in [2.24, 2.45) is 5.92 Å². The molecule has 0 bridgehead atoms. The first-order valence-electron chi connectivity index (χ1n) is 17.9. The maximum Gasteiger partial charge on any atom is 0.330 e. The SMILES string of the molecule is COc1ccc(NC(=O)N[C@@H]2CCCCC/C=C\[C@@H]3C[C@]3(C(=O)O)NC(=O)[C@@H]3C[C@H](n4nc(-c5ccc(OC)cc5)c(-c5nccs5)n4)CN3C2=O)cc1. The van der Waals surface area contributed by atoms with Crippen LogP contribution in [0.4, 0.5) is 10.5 Å². The number of hydrogen-bond acceptors (Lipinski definition) is 10. The maximum absolute atomic E-state index is 14.6. The number of carbonyl (C=O) groups is 4. The Morgan fingerprint density at radius 1 is 0.981 bits per heavy atom. The highest BCUT2D eigenvalue weighted by atomic mass is 32.1. The number of fused-ring (bicyclic) bond motifs is 2. The van der Waals surface area contributed by atoms with Crippen molar-refractivity contribution in [2.75, 3.05) is 26.1 Å². The molecule has 15 nitrogen and oxygen atoms in total. The standard InChI is InChI=1S/C38H42N8O7S/c1-52-27-14-10-23(11-15-27)31-32(34-39-18-19-54-34)44-46(43-31)26-20-30-33(47)42-38(36(49)50)21-24(38)8-6-4-3-5-7-9-29(35(48)45(30)22-26)41-37(51)40-25-12-16-28(53-2)17-13-25/h6,8,10-19,24,26,29-30H,3-5,7,9,20-22H2,1-2H3,(H,42,47)(H,49,50)(H2,40,41,51)/b8-6-/t24-,26+,29-,30+,38+/m1/s1. The lowest BCUT2D eigenvalue weighted by Crippen LogP contribution is -2.56. The fourth-order valence-electron chi connectivity index (χ4n) is 7.16. The summed E-state index contributed by atoms with van der Waals surface area (Å²) in [5.74, 6) is -1.20. The molecule has 1 saturated heterocycles. The lowest BCUT2D eigenvalue weighted by Gasteiger charge is -2.29. The summed E-state index contributed by atoms with van der Waals surface area (Å²) in [5.41, 5.74) is 0.939. The van der Waals surface area contributed by atoms with Gasteiger partial charge in [0.05, 0.1) is 20.3 Å². The second kappa shape index (κ2) is 15.7. The fourth-order valence-corrected chi connectivity index (χ4v) is 7.78. The van der Waals surface area contributed by atoms with Crippen LogP contribution < -0.4 is 25.4 Å². The van der Waals surface area contributed by atoms with Gasteiger partial charge in [-0.05, 0) is 74.2 Å². The molecular weight excluding hydrogens is 713 g/mol. The second-order valence-electron chi connectivity index (χ2n) is 13.7. The van der Waals surface area contributed by atoms with Crippen molar-refractivity contribution in [1.29, 1.82) is 0 Å². The Kier molecular flexibility index (Phi) is 10.6. The Hall–Kier alpha value is -5.77. The molecule has 282 valence electrons. The van der Waals surface area contributed by atoms with Crippen LogP contribution in [0.5, 0.6) is 11.5 Å². The molecular formula is C38H42N8O7S. The predicted molar refractivity (Wildman–Crippen MR) is 200 cm³/mol. The van der Waals surface area contributed by atoms with E-state index >= 15 is 0 Å². The molecule has 4 N–H and O–H groups in total. The summed E-state index contributed by atoms with van der Waals surface area (Å²) in [6.45, 7) is 0.0483. The average molecular weight is 755 g/mol. The van der Waals surface area contributed by atoms with Gasteiger partial charge in [0.1, 0.15) is 45.5 Å². The van der Waals surface area contributed by atoms with Crippen molar-refractivity contribution >= 4 is 40.8 Å². The van der Waals surface area contributed by atoms with E-state index in [0.717, 1.165) is 24.8 Å². The van der Waals surface area contributed by atoms with Crippen LogP contribution in [0.15, 0.2) is 72.3 Å². The highest BCUT2D eigenvalue weighted by molar-refractivity contribution is 7.13. The topological polar surface area (TPSA) is 190 Å². The van der Waals surface area contributed by atoms with Gasteiger partial charge in [0, 0.05) is 41.7 Å². The third-order valence-corrected chi connectivity index (χ3v) is 11.0. The number of carboxylic acids is 1. The molecule has 4 amide bonds. The lowest BCUT2D eigenvalue weighted by atomic mass is 10.0. The normalized spacial score (nSPS) is 24.9. The minimum Gasteiger partial charge on any atom is -0.497 e. The molecule has 7 rings (SSSR count). The van der Waals surface area contributed by atoms with Crippen LogP contribution in [0.2, 0.25) is 0 Å². The number of rotatable bonds is 8. The number of allylic oxidation sites excluding steroid dienone is 1. The summed E-state index contributed by atoms with van der Waals surface area (Å²) in [4.78, 5) is 62.1. The number of aliphatic carboxylic acids is 1. The number of amides is 4. The van der Waals surface area contributed by atoms with E-state index in [1.165, 1.54) is 21.0 Å². The van der Waals surface area contributed by atoms with E-state index < -0.39 is 47.5 Å². The van der Waals surface area contributed by atoms with E-state index in [1.54, 1.807) is 44.7 Å². The Bertz CT molecular complexity index is 2020. The van der Waals surface area contributed by atoms with Crippen molar-refractivity contribution in [3.63, 3.8) is 0 Å². The number of ether oxygens (including phenoxy) is 2. The summed E-state index contributed by atoms with van der Waals surface area (Å²) in [6, 6.07) is 11.1. The van der Waals surface area contributed by atoms with Gasteiger partial charge in [0.25, 0.3) is 0 Å². The van der Waals surface area contributed by atoms with Gasteiger partial charge >= 0.3 is 12.0 Å². The van der Waals surface area contributed by atoms with Crippen LogP contribution in [0, 0.1) is 5.92 Å². The van der Waals surface area contributed by atoms with Gasteiger partial charge in [-0.2, -0.15) is 9.90 Å². The molecule has 4 aromatic rings. The van der Waals surface area contributed by atoms with Crippen molar-refractivity contribution in [3.8, 4) is 33.5 Å². The number of hydrogen-bond donors (Lipinski definition) is 4. The van der Waals surface area contributed by atoms with Gasteiger partial charge in [-0.15, -0.1) is 16.4 Å². The molecule has 2 fully saturated rings. The molecule has 2 aromatic heterocycles. The first kappa shape index (κ1) is 36.6. The van der Waals surface area contributed by atoms with E-state index in [9.17, 15) is 24.3 Å². The third-order valence-electron chi connectivity index (χ3n) is 10.2. The highest BCUT2D eigenvalue weighted by Crippen LogP contribution is 2.46. The number of thiazole rings is 1. The maximum atomic E-state index is 14.6. The molecule has 16 heteroatoms. The molecule has 3 aliphatic rings. The molecule has 0 spiro atoms. The van der Waals surface area contributed by atoms with Crippen molar-refractivity contribution in [2.45, 2.75) is 68.6 Å². The number of methoxy groups -OCH3 is 2. The Balaban J connectivity index is 1.21.